The first kappa shape index (κ1) is 14.3. The average Bonchev–Trinajstić information content (AvgIpc) is 2.25. The van der Waals surface area contributed by atoms with Gasteiger partial charge in [-0.25, -0.2) is 8.42 Å². The summed E-state index contributed by atoms with van der Waals surface area (Å²) in [7, 11) is -0.886. The molecule has 6 heteroatoms. The largest absolute Gasteiger partial charge is 0.329 e. The molecular weight excluding hydrogens is 244 g/mol. The Morgan fingerprint density at radius 2 is 1.94 bits per heavy atom. The van der Waals surface area contributed by atoms with Crippen molar-refractivity contribution < 1.29 is 8.42 Å². The quantitative estimate of drug-likeness (QED) is 0.769. The number of likely N-dealkylation sites (N-methyl/N-ethyl adjacent to an activating group) is 1. The van der Waals surface area contributed by atoms with Gasteiger partial charge in [0.1, 0.15) is 9.84 Å². The van der Waals surface area contributed by atoms with Crippen LogP contribution in [0.5, 0.6) is 0 Å². The van der Waals surface area contributed by atoms with E-state index in [1.165, 1.54) is 6.26 Å². The molecule has 0 aromatic heterocycles. The molecule has 1 fully saturated rings. The molecule has 0 bridgehead atoms. The highest BCUT2D eigenvalue weighted by molar-refractivity contribution is 7.99. The van der Waals surface area contributed by atoms with Crippen LogP contribution in [0.3, 0.4) is 0 Å². The van der Waals surface area contributed by atoms with Gasteiger partial charge in [0, 0.05) is 24.9 Å². The van der Waals surface area contributed by atoms with E-state index >= 15 is 0 Å². The van der Waals surface area contributed by atoms with Gasteiger partial charge in [-0.2, -0.15) is 11.8 Å². The van der Waals surface area contributed by atoms with Crippen LogP contribution in [-0.2, 0) is 9.84 Å². The van der Waals surface area contributed by atoms with E-state index in [0.717, 1.165) is 24.3 Å². The predicted molar refractivity (Wildman–Crippen MR) is 70.7 cm³/mol. The molecule has 16 heavy (non-hydrogen) atoms. The average molecular weight is 266 g/mol. The van der Waals surface area contributed by atoms with Crippen molar-refractivity contribution in [2.75, 3.05) is 43.7 Å². The molecule has 4 nitrogen and oxygen atoms in total. The summed E-state index contributed by atoms with van der Waals surface area (Å²) in [6.45, 7) is 1.20. The van der Waals surface area contributed by atoms with Crippen molar-refractivity contribution in [1.29, 1.82) is 0 Å². The number of rotatable bonds is 5. The minimum atomic E-state index is -2.88. The maximum Gasteiger partial charge on any atom is 0.148 e. The first-order valence-corrected chi connectivity index (χ1v) is 8.78. The normalized spacial score (nSPS) is 21.2. The molecule has 1 heterocycles. The molecule has 1 aliphatic heterocycles. The molecule has 0 aromatic carbocycles. The van der Waals surface area contributed by atoms with Gasteiger partial charge in [-0.3, -0.25) is 4.90 Å². The number of thioether (sulfide) groups is 1. The lowest BCUT2D eigenvalue weighted by molar-refractivity contribution is 0.123. The Balaban J connectivity index is 2.58. The van der Waals surface area contributed by atoms with Crippen LogP contribution in [0.2, 0.25) is 0 Å². The SMILES string of the molecule is CN(CCS(C)(=O)=O)C1(CN)CCSCC1. The molecule has 1 rings (SSSR count). The van der Waals surface area contributed by atoms with Crippen LogP contribution >= 0.6 is 11.8 Å². The summed E-state index contributed by atoms with van der Waals surface area (Å²) in [6.07, 6.45) is 3.41. The van der Waals surface area contributed by atoms with Crippen LogP contribution in [0.1, 0.15) is 12.8 Å². The molecular formula is C10H22N2O2S2. The molecule has 1 aliphatic rings. The van der Waals surface area contributed by atoms with Gasteiger partial charge in [-0.05, 0) is 31.4 Å². The molecule has 0 radical (unpaired) electrons. The second-order valence-corrected chi connectivity index (χ2v) is 8.08. The smallest absolute Gasteiger partial charge is 0.148 e. The van der Waals surface area contributed by atoms with Crippen molar-refractivity contribution in [1.82, 2.24) is 4.90 Å². The van der Waals surface area contributed by atoms with E-state index in [-0.39, 0.29) is 11.3 Å². The van der Waals surface area contributed by atoms with Gasteiger partial charge in [0.15, 0.2) is 0 Å². The lowest BCUT2D eigenvalue weighted by atomic mass is 9.90. The Morgan fingerprint density at radius 3 is 2.38 bits per heavy atom. The van der Waals surface area contributed by atoms with E-state index in [0.29, 0.717) is 13.1 Å². The molecule has 0 aromatic rings. The fourth-order valence-corrected chi connectivity index (χ4v) is 3.89. The van der Waals surface area contributed by atoms with Crippen molar-refractivity contribution in [2.24, 2.45) is 5.73 Å². The predicted octanol–water partition coefficient (Wildman–Crippen LogP) is 0.187. The Bertz CT molecular complexity index is 311. The summed E-state index contributed by atoms with van der Waals surface area (Å²) >= 11 is 1.95. The highest BCUT2D eigenvalue weighted by atomic mass is 32.2. The van der Waals surface area contributed by atoms with Crippen molar-refractivity contribution in [3.8, 4) is 0 Å². The first-order valence-electron chi connectivity index (χ1n) is 5.56. The standard InChI is InChI=1S/C10H22N2O2S2/c1-12(5-8-16(2,13)14)10(9-11)3-6-15-7-4-10/h3-9,11H2,1-2H3. The summed E-state index contributed by atoms with van der Waals surface area (Å²) in [4.78, 5) is 2.15. The van der Waals surface area contributed by atoms with Gasteiger partial charge in [-0.15, -0.1) is 0 Å². The number of hydrogen-bond acceptors (Lipinski definition) is 5. The van der Waals surface area contributed by atoms with Crippen LogP contribution in [-0.4, -0.2) is 62.5 Å². The van der Waals surface area contributed by atoms with Crippen molar-refractivity contribution in [3.63, 3.8) is 0 Å². The topological polar surface area (TPSA) is 63.4 Å². The van der Waals surface area contributed by atoms with E-state index < -0.39 is 9.84 Å². The monoisotopic (exact) mass is 266 g/mol. The summed E-state index contributed by atoms with van der Waals surface area (Å²) in [5.74, 6) is 2.47. The van der Waals surface area contributed by atoms with Crippen molar-refractivity contribution >= 4 is 21.6 Å². The van der Waals surface area contributed by atoms with Gasteiger partial charge in [0.05, 0.1) is 5.75 Å². The van der Waals surface area contributed by atoms with Crippen LogP contribution in [0.4, 0.5) is 0 Å². The second kappa shape index (κ2) is 5.71. The van der Waals surface area contributed by atoms with Crippen LogP contribution < -0.4 is 5.73 Å². The van der Waals surface area contributed by atoms with Gasteiger partial charge >= 0.3 is 0 Å². The summed E-state index contributed by atoms with van der Waals surface area (Å²) in [5, 5.41) is 0. The van der Waals surface area contributed by atoms with Crippen LogP contribution in [0, 0.1) is 0 Å². The third kappa shape index (κ3) is 3.91. The van der Waals surface area contributed by atoms with E-state index in [1.807, 2.05) is 18.8 Å². The van der Waals surface area contributed by atoms with Crippen molar-refractivity contribution in [2.45, 2.75) is 18.4 Å². The molecule has 1 saturated heterocycles. The third-order valence-corrected chi connectivity index (χ3v) is 5.32. The Hall–Kier alpha value is 0.220. The molecule has 0 amide bonds. The van der Waals surface area contributed by atoms with Crippen LogP contribution in [0.25, 0.3) is 0 Å². The van der Waals surface area contributed by atoms with E-state index in [4.69, 9.17) is 5.73 Å². The fourth-order valence-electron chi connectivity index (χ4n) is 2.03. The summed E-state index contributed by atoms with van der Waals surface area (Å²) in [6, 6.07) is 0. The maximum absolute atomic E-state index is 11.1. The number of nitrogens with two attached hydrogens (primary N) is 1. The van der Waals surface area contributed by atoms with E-state index in [2.05, 4.69) is 4.90 Å². The first-order chi connectivity index (χ1) is 7.40. The van der Waals surface area contributed by atoms with Gasteiger partial charge in [0.25, 0.3) is 0 Å². The Labute approximate surface area is 103 Å². The molecule has 0 spiro atoms. The minimum Gasteiger partial charge on any atom is -0.329 e. The highest BCUT2D eigenvalue weighted by Crippen LogP contribution is 2.30. The molecule has 0 saturated carbocycles. The third-order valence-electron chi connectivity index (χ3n) is 3.41. The Kier molecular flexibility index (Phi) is 5.10. The van der Waals surface area contributed by atoms with E-state index in [1.54, 1.807) is 0 Å². The zero-order valence-corrected chi connectivity index (χ0v) is 11.7. The molecule has 0 atom stereocenters. The van der Waals surface area contributed by atoms with E-state index in [9.17, 15) is 8.42 Å². The zero-order valence-electron chi connectivity index (χ0n) is 10.1. The molecule has 2 N–H and O–H groups in total. The van der Waals surface area contributed by atoms with Crippen LogP contribution in [0.15, 0.2) is 0 Å². The van der Waals surface area contributed by atoms with Crippen molar-refractivity contribution in [3.05, 3.63) is 0 Å². The number of sulfone groups is 1. The second-order valence-electron chi connectivity index (χ2n) is 4.59. The molecule has 0 unspecified atom stereocenters. The highest BCUT2D eigenvalue weighted by Gasteiger charge is 2.34. The zero-order chi connectivity index (χ0) is 12.2. The molecule has 96 valence electrons. The number of hydrogen-bond donors (Lipinski definition) is 1. The molecule has 0 aliphatic carbocycles. The minimum absolute atomic E-state index is 0.0238. The maximum atomic E-state index is 11.1. The van der Waals surface area contributed by atoms with Gasteiger partial charge in [-0.1, -0.05) is 0 Å². The summed E-state index contributed by atoms with van der Waals surface area (Å²) in [5.41, 5.74) is 5.90. The summed E-state index contributed by atoms with van der Waals surface area (Å²) < 4.78 is 22.3. The Morgan fingerprint density at radius 1 is 1.38 bits per heavy atom. The number of nitrogens with zero attached hydrogens (tertiary/aromatic N) is 1. The van der Waals surface area contributed by atoms with Gasteiger partial charge < -0.3 is 5.73 Å². The lowest BCUT2D eigenvalue weighted by Crippen LogP contribution is -2.55. The van der Waals surface area contributed by atoms with Gasteiger partial charge in [0.2, 0.25) is 0 Å². The lowest BCUT2D eigenvalue weighted by Gasteiger charge is -2.43. The fraction of sp³-hybridized carbons (Fsp3) is 1.00.